The van der Waals surface area contributed by atoms with Crippen molar-refractivity contribution in [1.29, 1.82) is 0 Å². The lowest BCUT2D eigenvalue weighted by Crippen LogP contribution is -2.43. The third kappa shape index (κ3) is 5.17. The predicted molar refractivity (Wildman–Crippen MR) is 96.9 cm³/mol. The molecule has 2 N–H and O–H groups in total. The highest BCUT2D eigenvalue weighted by atomic mass is 32.2. The van der Waals surface area contributed by atoms with Crippen LogP contribution >= 0.6 is 0 Å². The smallest absolute Gasteiger partial charge is 0.343 e. The molecule has 0 aromatic carbocycles. The van der Waals surface area contributed by atoms with E-state index in [1.54, 1.807) is 0 Å². The largest absolute Gasteiger partial charge is 0.404 e. The molecule has 8 nitrogen and oxygen atoms in total. The van der Waals surface area contributed by atoms with Crippen molar-refractivity contribution in [1.82, 2.24) is 14.3 Å². The summed E-state index contributed by atoms with van der Waals surface area (Å²) in [6.45, 7) is 0.576. The molecule has 2 aromatic heterocycles. The summed E-state index contributed by atoms with van der Waals surface area (Å²) in [6, 6.07) is 0.409. The van der Waals surface area contributed by atoms with Gasteiger partial charge < -0.3 is 9.88 Å². The molecular formula is C16H17F4N5O3S. The number of nitrogens with one attached hydrogen (secondary N) is 2. The Hall–Kier alpha value is -2.80. The first-order chi connectivity index (χ1) is 13.4. The van der Waals surface area contributed by atoms with Crippen molar-refractivity contribution < 1.29 is 30.8 Å². The van der Waals surface area contributed by atoms with Gasteiger partial charge in [0.05, 0.1) is 5.69 Å². The molecule has 0 fully saturated rings. The average Bonchev–Trinajstić information content (AvgIpc) is 2.89. The highest BCUT2D eigenvalue weighted by molar-refractivity contribution is 7.89. The Kier molecular flexibility index (Phi) is 6.43. The predicted octanol–water partition coefficient (Wildman–Crippen LogP) is 2.09. The number of alkyl halides is 3. The van der Waals surface area contributed by atoms with Gasteiger partial charge in [-0.05, 0) is 19.1 Å². The number of aryl methyl sites for hydroxylation is 1. The number of amides is 1. The summed E-state index contributed by atoms with van der Waals surface area (Å²) in [5, 5.41) is 2.37. The topological polar surface area (TPSA) is 105 Å². The van der Waals surface area contributed by atoms with E-state index in [4.69, 9.17) is 0 Å². The Morgan fingerprint density at radius 1 is 1.38 bits per heavy atom. The number of carbonyl (C=O) groups excluding carboxylic acids is 1. The number of rotatable bonds is 6. The van der Waals surface area contributed by atoms with Gasteiger partial charge in [0.2, 0.25) is 10.0 Å². The van der Waals surface area contributed by atoms with E-state index >= 15 is 0 Å². The van der Waals surface area contributed by atoms with E-state index in [0.717, 1.165) is 10.8 Å². The number of aromatic nitrogens is 2. The van der Waals surface area contributed by atoms with Crippen molar-refractivity contribution in [3.8, 4) is 0 Å². The first-order valence-corrected chi connectivity index (χ1v) is 9.48. The molecule has 0 spiro atoms. The number of hydrogen-bond donors (Lipinski definition) is 2. The van der Waals surface area contributed by atoms with Gasteiger partial charge in [0.25, 0.3) is 5.91 Å². The zero-order valence-corrected chi connectivity index (χ0v) is 16.3. The van der Waals surface area contributed by atoms with Gasteiger partial charge in [0.15, 0.2) is 5.82 Å². The second-order valence-electron chi connectivity index (χ2n) is 5.96. The lowest BCUT2D eigenvalue weighted by atomic mass is 10.3. The maximum absolute atomic E-state index is 14.7. The van der Waals surface area contributed by atoms with Crippen molar-refractivity contribution in [3.05, 3.63) is 41.7 Å². The van der Waals surface area contributed by atoms with Crippen LogP contribution in [0, 0.1) is 5.82 Å². The summed E-state index contributed by atoms with van der Waals surface area (Å²) in [5.41, 5.74) is -0.0347. The average molecular weight is 435 g/mol. The van der Waals surface area contributed by atoms with E-state index < -0.39 is 44.6 Å². The second kappa shape index (κ2) is 8.29. The molecule has 1 amide bonds. The van der Waals surface area contributed by atoms with Crippen LogP contribution in [0.25, 0.3) is 0 Å². The highest BCUT2D eigenvalue weighted by Crippen LogP contribution is 2.25. The lowest BCUT2D eigenvalue weighted by Gasteiger charge is -2.16. The van der Waals surface area contributed by atoms with Crippen LogP contribution < -0.4 is 10.0 Å². The lowest BCUT2D eigenvalue weighted by molar-refractivity contribution is -0.147. The minimum Gasteiger partial charge on any atom is -0.343 e. The molecule has 29 heavy (non-hydrogen) atoms. The van der Waals surface area contributed by atoms with Crippen LogP contribution in [0.5, 0.6) is 0 Å². The first-order valence-electron chi connectivity index (χ1n) is 8.00. The van der Waals surface area contributed by atoms with Gasteiger partial charge in [0.1, 0.15) is 16.6 Å². The maximum atomic E-state index is 14.7. The molecule has 0 aliphatic heterocycles. The Balaban J connectivity index is 2.33. The van der Waals surface area contributed by atoms with Crippen molar-refractivity contribution >= 4 is 27.8 Å². The number of sulfonamides is 1. The summed E-state index contributed by atoms with van der Waals surface area (Å²) in [5.74, 6) is -2.47. The number of halogens is 4. The minimum atomic E-state index is -4.87. The normalized spacial score (nSPS) is 13.6. The molecule has 1 atom stereocenters. The molecule has 1 unspecified atom stereocenters. The van der Waals surface area contributed by atoms with Crippen LogP contribution in [-0.4, -0.2) is 49.4 Å². The van der Waals surface area contributed by atoms with Crippen LogP contribution in [0.2, 0.25) is 0 Å². The molecule has 2 heterocycles. The fourth-order valence-corrected chi connectivity index (χ4v) is 3.65. The van der Waals surface area contributed by atoms with Gasteiger partial charge in [-0.3, -0.25) is 14.8 Å². The SMILES string of the molecule is CN=Cc1cc(NC(=O)c2c(F)c(S(=O)(=O)NC(C)C(F)(F)F)cn2C)ccn1. The molecule has 0 saturated heterocycles. The fourth-order valence-electron chi connectivity index (χ4n) is 2.30. The van der Waals surface area contributed by atoms with Gasteiger partial charge >= 0.3 is 6.18 Å². The van der Waals surface area contributed by atoms with Crippen molar-refractivity contribution in [2.45, 2.75) is 24.0 Å². The van der Waals surface area contributed by atoms with Gasteiger partial charge in [0, 0.05) is 38.4 Å². The van der Waals surface area contributed by atoms with Gasteiger partial charge in [-0.15, -0.1) is 0 Å². The summed E-state index contributed by atoms with van der Waals surface area (Å²) >= 11 is 0. The van der Waals surface area contributed by atoms with Crippen LogP contribution in [-0.2, 0) is 17.1 Å². The standard InChI is InChI=1S/C16H17F4N5O3S/c1-9(16(18,19)20)24-29(27,28)12-8-25(3)14(13(12)17)15(26)23-10-4-5-22-11(6-10)7-21-2/h4-9,24H,1-3H3,(H,22,23,26). The molecule has 0 bridgehead atoms. The van der Waals surface area contributed by atoms with Gasteiger partial charge in [-0.2, -0.15) is 17.9 Å². The molecule has 2 rings (SSSR count). The van der Waals surface area contributed by atoms with Crippen LogP contribution in [0.4, 0.5) is 23.2 Å². The molecular weight excluding hydrogens is 418 g/mol. The number of nitrogens with zero attached hydrogens (tertiary/aromatic N) is 3. The van der Waals surface area contributed by atoms with Crippen LogP contribution in [0.15, 0.2) is 34.4 Å². The molecule has 13 heteroatoms. The van der Waals surface area contributed by atoms with Crippen molar-refractivity contribution in [2.75, 3.05) is 12.4 Å². The monoisotopic (exact) mass is 435 g/mol. The van der Waals surface area contributed by atoms with E-state index in [1.165, 1.54) is 43.4 Å². The molecule has 0 radical (unpaired) electrons. The van der Waals surface area contributed by atoms with E-state index in [2.05, 4.69) is 15.3 Å². The molecule has 0 aliphatic carbocycles. The quantitative estimate of drug-likeness (QED) is 0.535. The second-order valence-corrected chi connectivity index (χ2v) is 7.64. The maximum Gasteiger partial charge on any atom is 0.404 e. The number of carbonyl (C=O) groups is 1. The Morgan fingerprint density at radius 2 is 2.03 bits per heavy atom. The Morgan fingerprint density at radius 3 is 2.62 bits per heavy atom. The van der Waals surface area contributed by atoms with Gasteiger partial charge in [-0.25, -0.2) is 12.8 Å². The minimum absolute atomic E-state index is 0.230. The van der Waals surface area contributed by atoms with Crippen LogP contribution in [0.1, 0.15) is 23.1 Å². The number of anilines is 1. The number of hydrogen-bond acceptors (Lipinski definition) is 5. The van der Waals surface area contributed by atoms with E-state index in [-0.39, 0.29) is 5.69 Å². The Labute approximate surface area is 163 Å². The number of pyridine rings is 1. The van der Waals surface area contributed by atoms with E-state index in [1.807, 2.05) is 0 Å². The van der Waals surface area contributed by atoms with Crippen LogP contribution in [0.3, 0.4) is 0 Å². The first kappa shape index (κ1) is 22.5. The molecule has 158 valence electrons. The van der Waals surface area contributed by atoms with E-state index in [0.29, 0.717) is 12.6 Å². The molecule has 0 saturated carbocycles. The van der Waals surface area contributed by atoms with Crippen molar-refractivity contribution in [3.63, 3.8) is 0 Å². The zero-order valence-electron chi connectivity index (χ0n) is 15.5. The van der Waals surface area contributed by atoms with E-state index in [9.17, 15) is 30.8 Å². The van der Waals surface area contributed by atoms with Gasteiger partial charge in [-0.1, -0.05) is 0 Å². The third-order valence-electron chi connectivity index (χ3n) is 3.72. The summed E-state index contributed by atoms with van der Waals surface area (Å²) in [4.78, 5) is 19.1. The fraction of sp³-hybridized carbons (Fsp3) is 0.312. The summed E-state index contributed by atoms with van der Waals surface area (Å²) in [7, 11) is -2.17. The zero-order chi connectivity index (χ0) is 22.0. The number of aliphatic imine (C=N–C) groups is 1. The molecule has 2 aromatic rings. The molecule has 0 aliphatic rings. The van der Waals surface area contributed by atoms with Crippen molar-refractivity contribution in [2.24, 2.45) is 12.0 Å². The third-order valence-corrected chi connectivity index (χ3v) is 5.24. The summed E-state index contributed by atoms with van der Waals surface area (Å²) in [6.07, 6.45) is -1.36. The highest BCUT2D eigenvalue weighted by Gasteiger charge is 2.40. The summed E-state index contributed by atoms with van der Waals surface area (Å²) < 4.78 is 79.1. The Bertz CT molecular complexity index is 1050.